The lowest BCUT2D eigenvalue weighted by molar-refractivity contribution is 0.416. The second kappa shape index (κ2) is 3.20. The molecule has 1 fully saturated rings. The molecule has 0 aromatic carbocycles. The van der Waals surface area contributed by atoms with E-state index >= 15 is 0 Å². The summed E-state index contributed by atoms with van der Waals surface area (Å²) >= 11 is 0. The van der Waals surface area contributed by atoms with Gasteiger partial charge in [0.2, 0.25) is 0 Å². The average molecular weight is 167 g/mol. The summed E-state index contributed by atoms with van der Waals surface area (Å²) in [6.45, 7) is 4.84. The minimum atomic E-state index is 0.267. The highest BCUT2D eigenvalue weighted by Crippen LogP contribution is 2.07. The quantitative estimate of drug-likeness (QED) is 0.520. The van der Waals surface area contributed by atoms with Crippen molar-refractivity contribution in [3.63, 3.8) is 0 Å². The highest BCUT2D eigenvalue weighted by Gasteiger charge is 2.17. The first-order valence-corrected chi connectivity index (χ1v) is 4.19. The Morgan fingerprint density at radius 1 is 1.42 bits per heavy atom. The van der Waals surface area contributed by atoms with Crippen molar-refractivity contribution in [2.24, 2.45) is 0 Å². The molecule has 0 aliphatic carbocycles. The lowest BCUT2D eigenvalue weighted by atomic mass is 10.2. The Balaban J connectivity index is 2.08. The first-order valence-electron chi connectivity index (χ1n) is 4.19. The van der Waals surface area contributed by atoms with Gasteiger partial charge in [-0.3, -0.25) is 5.10 Å². The van der Waals surface area contributed by atoms with Crippen molar-refractivity contribution in [2.75, 3.05) is 19.6 Å². The van der Waals surface area contributed by atoms with Crippen LogP contribution in [-0.4, -0.2) is 34.8 Å². The van der Waals surface area contributed by atoms with Gasteiger partial charge in [0, 0.05) is 19.6 Å². The predicted octanol–water partition coefficient (Wildman–Crippen LogP) is -0.653. The number of piperazine rings is 1. The largest absolute Gasteiger partial charge is 0.313 e. The third-order valence-corrected chi connectivity index (χ3v) is 1.97. The average Bonchev–Trinajstić information content (AvgIpc) is 2.54. The van der Waals surface area contributed by atoms with Gasteiger partial charge in [0.1, 0.15) is 5.82 Å². The minimum absolute atomic E-state index is 0.267. The van der Waals surface area contributed by atoms with Gasteiger partial charge in [-0.25, -0.2) is 4.98 Å². The van der Waals surface area contributed by atoms with E-state index in [0.717, 1.165) is 31.3 Å². The van der Waals surface area contributed by atoms with Crippen LogP contribution >= 0.6 is 0 Å². The van der Waals surface area contributed by atoms with Gasteiger partial charge in [0.25, 0.3) is 0 Å². The fourth-order valence-corrected chi connectivity index (χ4v) is 1.35. The molecule has 66 valence electrons. The van der Waals surface area contributed by atoms with Crippen LogP contribution in [0.25, 0.3) is 0 Å². The number of nitrogens with one attached hydrogen (secondary N) is 3. The van der Waals surface area contributed by atoms with Crippen LogP contribution in [0.3, 0.4) is 0 Å². The van der Waals surface area contributed by atoms with E-state index in [4.69, 9.17) is 0 Å². The molecule has 1 aromatic rings. The van der Waals surface area contributed by atoms with Crippen LogP contribution in [0.4, 0.5) is 0 Å². The molecule has 1 saturated heterocycles. The van der Waals surface area contributed by atoms with E-state index in [2.05, 4.69) is 25.8 Å². The second-order valence-corrected chi connectivity index (χ2v) is 2.99. The maximum absolute atomic E-state index is 4.27. The molecular formula is C7H13N5. The maximum Gasteiger partial charge on any atom is 0.168 e. The molecule has 12 heavy (non-hydrogen) atoms. The minimum Gasteiger partial charge on any atom is -0.313 e. The molecule has 2 rings (SSSR count). The molecule has 0 bridgehead atoms. The molecule has 1 atom stereocenters. The Labute approximate surface area is 71.0 Å². The van der Waals surface area contributed by atoms with E-state index < -0.39 is 0 Å². The Morgan fingerprint density at radius 3 is 2.92 bits per heavy atom. The summed E-state index contributed by atoms with van der Waals surface area (Å²) in [5.41, 5.74) is 0. The standard InChI is InChI=1S/C7H13N5/c1-5-10-7(12-11-5)6-4-8-2-3-9-6/h6,8-9H,2-4H2,1H3,(H,10,11,12)/t6-/m1/s1. The Kier molecular flexibility index (Phi) is 2.05. The summed E-state index contributed by atoms with van der Waals surface area (Å²) < 4.78 is 0. The van der Waals surface area contributed by atoms with E-state index in [1.54, 1.807) is 0 Å². The lowest BCUT2D eigenvalue weighted by Crippen LogP contribution is -2.43. The molecule has 1 aliphatic heterocycles. The first-order chi connectivity index (χ1) is 5.86. The van der Waals surface area contributed by atoms with Gasteiger partial charge in [-0.1, -0.05) is 0 Å². The topological polar surface area (TPSA) is 65.6 Å². The van der Waals surface area contributed by atoms with E-state index in [1.165, 1.54) is 0 Å². The fourth-order valence-electron chi connectivity index (χ4n) is 1.35. The molecule has 5 heteroatoms. The smallest absolute Gasteiger partial charge is 0.168 e. The van der Waals surface area contributed by atoms with Crippen LogP contribution in [0.15, 0.2) is 0 Å². The molecule has 1 aromatic heterocycles. The van der Waals surface area contributed by atoms with E-state index in [-0.39, 0.29) is 6.04 Å². The van der Waals surface area contributed by atoms with Crippen LogP contribution in [0.5, 0.6) is 0 Å². The van der Waals surface area contributed by atoms with Crippen molar-refractivity contribution in [3.05, 3.63) is 11.6 Å². The Hall–Kier alpha value is -0.940. The SMILES string of the molecule is Cc1nc([C@H]2CNCCN2)n[nH]1. The van der Waals surface area contributed by atoms with Gasteiger partial charge in [0.15, 0.2) is 5.82 Å². The van der Waals surface area contributed by atoms with E-state index in [1.807, 2.05) is 6.92 Å². The van der Waals surface area contributed by atoms with E-state index in [0.29, 0.717) is 0 Å². The van der Waals surface area contributed by atoms with E-state index in [9.17, 15) is 0 Å². The van der Waals surface area contributed by atoms with Crippen molar-refractivity contribution in [3.8, 4) is 0 Å². The van der Waals surface area contributed by atoms with Gasteiger partial charge in [-0.2, -0.15) is 5.10 Å². The van der Waals surface area contributed by atoms with Gasteiger partial charge in [-0.05, 0) is 6.92 Å². The zero-order chi connectivity index (χ0) is 8.39. The van der Waals surface area contributed by atoms with Crippen molar-refractivity contribution in [1.82, 2.24) is 25.8 Å². The van der Waals surface area contributed by atoms with Crippen LogP contribution in [0, 0.1) is 6.92 Å². The molecule has 0 saturated carbocycles. The number of H-pyrrole nitrogens is 1. The monoisotopic (exact) mass is 167 g/mol. The highest BCUT2D eigenvalue weighted by molar-refractivity contribution is 4.97. The molecule has 5 nitrogen and oxygen atoms in total. The van der Waals surface area contributed by atoms with Crippen LogP contribution < -0.4 is 10.6 Å². The van der Waals surface area contributed by atoms with Crippen LogP contribution in [0.1, 0.15) is 17.7 Å². The van der Waals surface area contributed by atoms with Crippen molar-refractivity contribution >= 4 is 0 Å². The summed E-state index contributed by atoms with van der Waals surface area (Å²) in [5, 5.41) is 13.6. The number of aromatic nitrogens is 3. The van der Waals surface area contributed by atoms with Crippen molar-refractivity contribution < 1.29 is 0 Å². The van der Waals surface area contributed by atoms with Gasteiger partial charge in [-0.15, -0.1) is 0 Å². The fraction of sp³-hybridized carbons (Fsp3) is 0.714. The van der Waals surface area contributed by atoms with Crippen LogP contribution in [-0.2, 0) is 0 Å². The lowest BCUT2D eigenvalue weighted by Gasteiger charge is -2.21. The summed E-state index contributed by atoms with van der Waals surface area (Å²) in [6.07, 6.45) is 0. The third-order valence-electron chi connectivity index (χ3n) is 1.97. The van der Waals surface area contributed by atoms with Gasteiger partial charge < -0.3 is 10.6 Å². The number of nitrogens with zero attached hydrogens (tertiary/aromatic N) is 2. The Morgan fingerprint density at radius 2 is 2.33 bits per heavy atom. The molecule has 2 heterocycles. The molecule has 0 spiro atoms. The maximum atomic E-state index is 4.27. The van der Waals surface area contributed by atoms with Gasteiger partial charge in [0.05, 0.1) is 6.04 Å². The van der Waals surface area contributed by atoms with Crippen molar-refractivity contribution in [1.29, 1.82) is 0 Å². The van der Waals surface area contributed by atoms with Crippen molar-refractivity contribution in [2.45, 2.75) is 13.0 Å². The molecule has 0 radical (unpaired) electrons. The number of hydrogen-bond acceptors (Lipinski definition) is 4. The number of aromatic amines is 1. The molecule has 1 aliphatic rings. The second-order valence-electron chi connectivity index (χ2n) is 2.99. The number of aryl methyl sites for hydroxylation is 1. The highest BCUT2D eigenvalue weighted by atomic mass is 15.2. The van der Waals surface area contributed by atoms with Crippen LogP contribution in [0.2, 0.25) is 0 Å². The summed E-state index contributed by atoms with van der Waals surface area (Å²) in [6, 6.07) is 0.267. The summed E-state index contributed by atoms with van der Waals surface area (Å²) in [5.74, 6) is 1.73. The number of rotatable bonds is 1. The zero-order valence-corrected chi connectivity index (χ0v) is 7.09. The number of hydrogen-bond donors (Lipinski definition) is 3. The van der Waals surface area contributed by atoms with Gasteiger partial charge >= 0.3 is 0 Å². The summed E-state index contributed by atoms with van der Waals surface area (Å²) in [7, 11) is 0. The summed E-state index contributed by atoms with van der Waals surface area (Å²) in [4.78, 5) is 4.27. The third kappa shape index (κ3) is 1.46. The molecular weight excluding hydrogens is 154 g/mol. The molecule has 3 N–H and O–H groups in total. The molecule has 0 amide bonds. The molecule has 0 unspecified atom stereocenters. The Bertz CT molecular complexity index is 250. The normalized spacial score (nSPS) is 24.2. The predicted molar refractivity (Wildman–Crippen MR) is 44.7 cm³/mol. The zero-order valence-electron chi connectivity index (χ0n) is 7.09. The first kappa shape index (κ1) is 7.70.